The second kappa shape index (κ2) is 2.18. The average Bonchev–Trinajstić information content (AvgIpc) is 1.38. The fraction of sp³-hybridized carbons (Fsp3) is 0.667. The van der Waals surface area contributed by atoms with Crippen LogP contribution in [0.15, 0.2) is 0 Å². The molecule has 0 aromatic carbocycles. The molecule has 0 fully saturated rings. The van der Waals surface area contributed by atoms with Gasteiger partial charge in [0.2, 0.25) is 0 Å². The molecule has 0 heterocycles. The van der Waals surface area contributed by atoms with Gasteiger partial charge in [0.25, 0.3) is 0 Å². The molecule has 0 aliphatic heterocycles. The predicted octanol–water partition coefficient (Wildman–Crippen LogP) is -0.860. The summed E-state index contributed by atoms with van der Waals surface area (Å²) in [6, 6.07) is -0.310. The summed E-state index contributed by atoms with van der Waals surface area (Å²) in [6.45, 7) is 3.26. The van der Waals surface area contributed by atoms with Crippen molar-refractivity contribution in [1.82, 2.24) is 0 Å². The van der Waals surface area contributed by atoms with Crippen molar-refractivity contribution in [3.05, 3.63) is 6.92 Å². The number of hydrogen-bond donors (Lipinski definition) is 2. The van der Waals surface area contributed by atoms with Crippen molar-refractivity contribution in [1.29, 1.82) is 0 Å². The van der Waals surface area contributed by atoms with E-state index >= 15 is 0 Å². The van der Waals surface area contributed by atoms with E-state index in [0.717, 1.165) is 0 Å². The van der Waals surface area contributed by atoms with E-state index in [-0.39, 0.29) is 12.6 Å². The van der Waals surface area contributed by atoms with Gasteiger partial charge in [-0.15, -0.1) is 0 Å². The van der Waals surface area contributed by atoms with Crippen molar-refractivity contribution in [3.63, 3.8) is 0 Å². The van der Waals surface area contributed by atoms with Crippen LogP contribution in [0.3, 0.4) is 0 Å². The summed E-state index contributed by atoms with van der Waals surface area (Å²) < 4.78 is 0. The van der Waals surface area contributed by atoms with Crippen LogP contribution in [0, 0.1) is 6.92 Å². The van der Waals surface area contributed by atoms with Gasteiger partial charge in [-0.25, -0.2) is 0 Å². The Bertz CT molecular complexity index is 20.9. The van der Waals surface area contributed by atoms with Crippen molar-refractivity contribution in [3.8, 4) is 0 Å². The van der Waals surface area contributed by atoms with Gasteiger partial charge in [0, 0.05) is 6.04 Å². The SMILES string of the molecule is [CH2]C(N)CO. The maximum absolute atomic E-state index is 7.96. The zero-order valence-electron chi connectivity index (χ0n) is 3.02. The van der Waals surface area contributed by atoms with E-state index in [1.165, 1.54) is 0 Å². The summed E-state index contributed by atoms with van der Waals surface area (Å²) >= 11 is 0. The van der Waals surface area contributed by atoms with Crippen LogP contribution in [-0.4, -0.2) is 17.8 Å². The highest BCUT2D eigenvalue weighted by Gasteiger charge is 1.81. The molecule has 0 spiro atoms. The van der Waals surface area contributed by atoms with E-state index in [1.807, 2.05) is 0 Å². The molecule has 1 atom stereocenters. The number of hydrogen-bond acceptors (Lipinski definition) is 2. The number of aliphatic hydroxyl groups excluding tert-OH is 1. The first-order valence-corrected chi connectivity index (χ1v) is 1.47. The fourth-order valence-corrected chi connectivity index (χ4v) is 0. The van der Waals surface area contributed by atoms with Gasteiger partial charge in [-0.3, -0.25) is 0 Å². The van der Waals surface area contributed by atoms with Crippen LogP contribution in [0.4, 0.5) is 0 Å². The molecule has 2 nitrogen and oxygen atoms in total. The Morgan fingerprint density at radius 2 is 2.20 bits per heavy atom. The minimum atomic E-state index is -0.310. The van der Waals surface area contributed by atoms with Crippen LogP contribution < -0.4 is 5.73 Å². The standard InChI is InChI=1S/C3H8NO/c1-3(4)2-5/h3,5H,1-2,4H2. The first kappa shape index (κ1) is 4.92. The molecular weight excluding hydrogens is 66.0 g/mol. The Kier molecular flexibility index (Phi) is 2.14. The first-order valence-electron chi connectivity index (χ1n) is 1.47. The lowest BCUT2D eigenvalue weighted by Crippen LogP contribution is -2.19. The molecule has 31 valence electrons. The largest absolute Gasteiger partial charge is 0.395 e. The highest BCUT2D eigenvalue weighted by Crippen LogP contribution is 1.61. The molecule has 0 aliphatic carbocycles. The van der Waals surface area contributed by atoms with Crippen molar-refractivity contribution < 1.29 is 5.11 Å². The van der Waals surface area contributed by atoms with Crippen LogP contribution in [-0.2, 0) is 0 Å². The number of nitrogens with two attached hydrogens (primary N) is 1. The molecule has 0 aliphatic rings. The van der Waals surface area contributed by atoms with Crippen LogP contribution in [0.25, 0.3) is 0 Å². The van der Waals surface area contributed by atoms with Gasteiger partial charge in [-0.1, -0.05) is 0 Å². The Balaban J connectivity index is 2.54. The minimum absolute atomic E-state index is 0.0278. The van der Waals surface area contributed by atoms with Gasteiger partial charge in [-0.2, -0.15) is 0 Å². The van der Waals surface area contributed by atoms with E-state index in [2.05, 4.69) is 6.92 Å². The van der Waals surface area contributed by atoms with Crippen LogP contribution in [0.5, 0.6) is 0 Å². The second-order valence-corrected chi connectivity index (χ2v) is 0.943. The third kappa shape index (κ3) is 3.92. The zero-order chi connectivity index (χ0) is 4.28. The lowest BCUT2D eigenvalue weighted by atomic mass is 10.4. The van der Waals surface area contributed by atoms with Crippen molar-refractivity contribution in [2.24, 2.45) is 5.73 Å². The third-order valence-electron chi connectivity index (χ3n) is 0.235. The predicted molar refractivity (Wildman–Crippen MR) is 20.4 cm³/mol. The van der Waals surface area contributed by atoms with Crippen molar-refractivity contribution in [2.45, 2.75) is 6.04 Å². The molecule has 2 heteroatoms. The fourth-order valence-electron chi connectivity index (χ4n) is 0. The molecule has 0 rings (SSSR count). The molecule has 0 aromatic heterocycles. The van der Waals surface area contributed by atoms with Crippen LogP contribution in [0.2, 0.25) is 0 Å². The minimum Gasteiger partial charge on any atom is -0.395 e. The Hall–Kier alpha value is -0.0800. The summed E-state index contributed by atoms with van der Waals surface area (Å²) in [5.41, 5.74) is 4.93. The smallest absolute Gasteiger partial charge is 0.0582 e. The lowest BCUT2D eigenvalue weighted by Gasteiger charge is -1.91. The summed E-state index contributed by atoms with van der Waals surface area (Å²) in [7, 11) is 0. The molecule has 1 unspecified atom stereocenters. The molecule has 0 aromatic rings. The van der Waals surface area contributed by atoms with Crippen LogP contribution >= 0.6 is 0 Å². The summed E-state index contributed by atoms with van der Waals surface area (Å²) in [5.74, 6) is 0. The molecule has 0 saturated heterocycles. The van der Waals surface area contributed by atoms with Crippen molar-refractivity contribution in [2.75, 3.05) is 6.61 Å². The lowest BCUT2D eigenvalue weighted by molar-refractivity contribution is 0.283. The van der Waals surface area contributed by atoms with E-state index in [1.54, 1.807) is 0 Å². The van der Waals surface area contributed by atoms with E-state index < -0.39 is 0 Å². The van der Waals surface area contributed by atoms with E-state index in [4.69, 9.17) is 10.8 Å². The van der Waals surface area contributed by atoms with Gasteiger partial charge >= 0.3 is 0 Å². The number of aliphatic hydroxyl groups is 1. The second-order valence-electron chi connectivity index (χ2n) is 0.943. The monoisotopic (exact) mass is 74.1 g/mol. The van der Waals surface area contributed by atoms with Crippen LogP contribution in [0.1, 0.15) is 0 Å². The van der Waals surface area contributed by atoms with E-state index in [9.17, 15) is 0 Å². The maximum Gasteiger partial charge on any atom is 0.0582 e. The molecule has 3 N–H and O–H groups in total. The Labute approximate surface area is 31.6 Å². The Morgan fingerprint density at radius 3 is 2.20 bits per heavy atom. The quantitative estimate of drug-likeness (QED) is 0.425. The van der Waals surface area contributed by atoms with Gasteiger partial charge in [0.15, 0.2) is 0 Å². The normalized spacial score (nSPS) is 15.0. The first-order chi connectivity index (χ1) is 2.27. The van der Waals surface area contributed by atoms with Crippen molar-refractivity contribution >= 4 is 0 Å². The molecule has 0 bridgehead atoms. The topological polar surface area (TPSA) is 46.2 Å². The summed E-state index contributed by atoms with van der Waals surface area (Å²) in [6.07, 6.45) is 0. The highest BCUT2D eigenvalue weighted by molar-refractivity contribution is 4.57. The molecule has 0 saturated carbocycles. The van der Waals surface area contributed by atoms with Gasteiger partial charge in [0.05, 0.1) is 6.61 Å². The number of rotatable bonds is 1. The zero-order valence-corrected chi connectivity index (χ0v) is 3.02. The van der Waals surface area contributed by atoms with Gasteiger partial charge < -0.3 is 10.8 Å². The average molecular weight is 74.1 g/mol. The van der Waals surface area contributed by atoms with Gasteiger partial charge in [0.1, 0.15) is 0 Å². The summed E-state index contributed by atoms with van der Waals surface area (Å²) in [5, 5.41) is 7.96. The molecule has 0 amide bonds. The molecule has 5 heavy (non-hydrogen) atoms. The maximum atomic E-state index is 7.96. The third-order valence-corrected chi connectivity index (χ3v) is 0.235. The van der Waals surface area contributed by atoms with Gasteiger partial charge in [-0.05, 0) is 6.92 Å². The molecule has 1 radical (unpaired) electrons. The van der Waals surface area contributed by atoms with E-state index in [0.29, 0.717) is 0 Å². The highest BCUT2D eigenvalue weighted by atomic mass is 16.3. The Morgan fingerprint density at radius 1 is 2.00 bits per heavy atom. The molecular formula is C3H8NO. The summed E-state index contributed by atoms with van der Waals surface area (Å²) in [4.78, 5) is 0.